The largest absolute Gasteiger partial charge is 0.481 e. The van der Waals surface area contributed by atoms with Crippen molar-refractivity contribution in [2.75, 3.05) is 0 Å². The van der Waals surface area contributed by atoms with Crippen molar-refractivity contribution < 1.29 is 29.4 Å². The predicted octanol–water partition coefficient (Wildman–Crippen LogP) is 4.81. The van der Waals surface area contributed by atoms with Gasteiger partial charge in [-0.3, -0.25) is 19.2 Å². The molecule has 43 heavy (non-hydrogen) atoms. The summed E-state index contributed by atoms with van der Waals surface area (Å²) in [5.41, 5.74) is 9.12. The molecule has 4 rings (SSSR count). The number of amides is 2. The molecule has 0 bridgehead atoms. The summed E-state index contributed by atoms with van der Waals surface area (Å²) in [5.74, 6) is -2.33. The fourth-order valence-corrected chi connectivity index (χ4v) is 5.32. The first-order chi connectivity index (χ1) is 20.4. The van der Waals surface area contributed by atoms with E-state index in [4.69, 9.17) is 4.99 Å². The Kier molecular flexibility index (Phi) is 8.80. The van der Waals surface area contributed by atoms with Crippen LogP contribution in [0.1, 0.15) is 62.5 Å². The van der Waals surface area contributed by atoms with Gasteiger partial charge in [0, 0.05) is 46.5 Å². The second-order valence-corrected chi connectivity index (χ2v) is 10.5. The fraction of sp³-hybridized carbons (Fsp3) is 0.242. The molecule has 0 spiro atoms. The first-order valence-electron chi connectivity index (χ1n) is 13.8. The zero-order valence-electron chi connectivity index (χ0n) is 24.6. The average Bonchev–Trinajstić information content (AvgIpc) is 3.59. The number of nitrogens with one attached hydrogen (secondary N) is 3. The van der Waals surface area contributed by atoms with Crippen LogP contribution in [0.4, 0.5) is 0 Å². The molecule has 0 saturated carbocycles. The summed E-state index contributed by atoms with van der Waals surface area (Å²) >= 11 is 0. The molecule has 5 N–H and O–H groups in total. The maximum Gasteiger partial charge on any atom is 0.303 e. The summed E-state index contributed by atoms with van der Waals surface area (Å²) in [5, 5.41) is 24.4. The maximum atomic E-state index is 12.3. The maximum absolute atomic E-state index is 12.3. The van der Waals surface area contributed by atoms with Crippen molar-refractivity contribution in [3.63, 3.8) is 0 Å². The van der Waals surface area contributed by atoms with E-state index in [2.05, 4.69) is 28.8 Å². The summed E-state index contributed by atoms with van der Waals surface area (Å²) in [7, 11) is 0. The number of carboxylic acid groups (broad SMARTS) is 2. The molecule has 2 amide bonds. The van der Waals surface area contributed by atoms with E-state index in [1.54, 1.807) is 38.2 Å². The van der Waals surface area contributed by atoms with Crippen LogP contribution in [0.5, 0.6) is 0 Å². The molecular weight excluding hydrogens is 548 g/mol. The molecule has 222 valence electrons. The van der Waals surface area contributed by atoms with E-state index in [1.165, 1.54) is 0 Å². The molecule has 0 unspecified atom stereocenters. The van der Waals surface area contributed by atoms with E-state index < -0.39 is 11.9 Å². The minimum absolute atomic E-state index is 0.0845. The first kappa shape index (κ1) is 30.7. The van der Waals surface area contributed by atoms with Crippen molar-refractivity contribution in [1.29, 1.82) is 0 Å². The molecule has 0 saturated heterocycles. The zero-order valence-corrected chi connectivity index (χ0v) is 24.6. The Morgan fingerprint density at radius 3 is 1.84 bits per heavy atom. The predicted molar refractivity (Wildman–Crippen MR) is 165 cm³/mol. The van der Waals surface area contributed by atoms with Crippen molar-refractivity contribution in [3.8, 4) is 0 Å². The van der Waals surface area contributed by atoms with Gasteiger partial charge in [-0.1, -0.05) is 25.3 Å². The van der Waals surface area contributed by atoms with Crippen molar-refractivity contribution in [2.24, 2.45) is 4.99 Å². The molecule has 10 nitrogen and oxygen atoms in total. The topological polar surface area (TPSA) is 161 Å². The van der Waals surface area contributed by atoms with Crippen LogP contribution in [0.25, 0.3) is 12.2 Å². The molecule has 1 aromatic heterocycles. The van der Waals surface area contributed by atoms with E-state index >= 15 is 0 Å². The van der Waals surface area contributed by atoms with Crippen molar-refractivity contribution in [3.05, 3.63) is 104 Å². The van der Waals surface area contributed by atoms with Crippen LogP contribution in [0.15, 0.2) is 86.9 Å². The fourth-order valence-electron chi connectivity index (χ4n) is 5.32. The summed E-state index contributed by atoms with van der Waals surface area (Å²) in [6.07, 6.45) is 8.87. The van der Waals surface area contributed by atoms with Gasteiger partial charge in [-0.2, -0.15) is 0 Å². The number of nitrogens with zero attached hydrogens (tertiary/aromatic N) is 1. The highest BCUT2D eigenvalue weighted by Crippen LogP contribution is 2.34. The third-order valence-electron chi connectivity index (χ3n) is 7.84. The monoisotopic (exact) mass is 582 g/mol. The smallest absolute Gasteiger partial charge is 0.303 e. The van der Waals surface area contributed by atoms with Crippen molar-refractivity contribution in [1.82, 2.24) is 15.6 Å². The molecule has 0 radical (unpaired) electrons. The van der Waals surface area contributed by atoms with E-state index in [-0.39, 0.29) is 37.5 Å². The highest BCUT2D eigenvalue weighted by molar-refractivity contribution is 6.14. The molecule has 4 heterocycles. The number of carbonyl (C=O) groups is 4. The second kappa shape index (κ2) is 12.3. The molecule has 0 fully saturated rings. The number of aliphatic imine (C=N–C) groups is 1. The number of carboxylic acids is 2. The standard InChI is InChI=1S/C33H34N4O6/c1-7-20-18(5)32(42)36-26(20)14-28-22(9-11-30(38)39)16(3)24(34-28)13-25-17(4)23(10-12-31(40)41)29(35-25)15-27-21(8-2)19(6)33(43)37-27/h7-8,13-15,34H,1-2,9-12H2,3-6H3,(H,36,42)(H,37,43)(H,38,39)(H,40,41)/b25-13+,26-14-,27-15-. The second-order valence-electron chi connectivity index (χ2n) is 10.5. The Labute approximate surface area is 249 Å². The molecule has 0 atom stereocenters. The minimum atomic E-state index is -0.940. The summed E-state index contributed by atoms with van der Waals surface area (Å²) in [4.78, 5) is 55.6. The normalized spacial score (nSPS) is 19.6. The van der Waals surface area contributed by atoms with Gasteiger partial charge >= 0.3 is 11.9 Å². The summed E-state index contributed by atoms with van der Waals surface area (Å²) in [6.45, 7) is 14.8. The number of aromatic amines is 1. The van der Waals surface area contributed by atoms with Gasteiger partial charge in [-0.15, -0.1) is 0 Å². The Bertz CT molecular complexity index is 1720. The summed E-state index contributed by atoms with van der Waals surface area (Å²) in [6, 6.07) is 0. The third-order valence-corrected chi connectivity index (χ3v) is 7.84. The summed E-state index contributed by atoms with van der Waals surface area (Å²) < 4.78 is 0. The van der Waals surface area contributed by atoms with Gasteiger partial charge in [-0.05, 0) is 81.0 Å². The molecule has 0 aromatic carbocycles. The van der Waals surface area contributed by atoms with Crippen molar-refractivity contribution in [2.45, 2.75) is 53.4 Å². The van der Waals surface area contributed by atoms with Crippen molar-refractivity contribution >= 4 is 41.6 Å². The van der Waals surface area contributed by atoms with Crippen LogP contribution < -0.4 is 10.6 Å². The first-order valence-corrected chi connectivity index (χ1v) is 13.8. The molecule has 3 aliphatic rings. The Morgan fingerprint density at radius 2 is 1.30 bits per heavy atom. The van der Waals surface area contributed by atoms with Gasteiger partial charge in [0.05, 0.1) is 22.8 Å². The average molecular weight is 583 g/mol. The number of hydrogen-bond acceptors (Lipinski definition) is 5. The molecule has 10 heteroatoms. The van der Waals surface area contributed by atoms with E-state index in [9.17, 15) is 29.4 Å². The van der Waals surface area contributed by atoms with E-state index in [1.807, 2.05) is 19.9 Å². The van der Waals surface area contributed by atoms with Crippen LogP contribution in [-0.2, 0) is 25.6 Å². The molecule has 3 aliphatic heterocycles. The third kappa shape index (κ3) is 6.18. The van der Waals surface area contributed by atoms with Gasteiger partial charge in [0.25, 0.3) is 11.8 Å². The lowest BCUT2D eigenvalue weighted by Gasteiger charge is -2.06. The zero-order chi connectivity index (χ0) is 31.6. The van der Waals surface area contributed by atoms with Crippen LogP contribution in [-0.4, -0.2) is 44.7 Å². The lowest BCUT2D eigenvalue weighted by molar-refractivity contribution is -0.137. The molecule has 0 aliphatic carbocycles. The number of H-pyrrole nitrogens is 1. The Morgan fingerprint density at radius 1 is 0.767 bits per heavy atom. The lowest BCUT2D eigenvalue weighted by Crippen LogP contribution is -2.16. The van der Waals surface area contributed by atoms with Gasteiger partial charge in [0.15, 0.2) is 0 Å². The van der Waals surface area contributed by atoms with Gasteiger partial charge in [-0.25, -0.2) is 4.99 Å². The SMILES string of the molecule is C=CC1=C(C)C(=O)N/C1=C\C1=NC(=C/c2[nH]c(/C=C3\NC(=O)C(C)=C3C=C)c(CCC(=O)O)c2C)/C(C)=C1CCC(=O)O. The number of allylic oxidation sites excluding steroid dienone is 5. The molecular formula is C33H34N4O6. The number of aromatic nitrogens is 1. The number of hydrogen-bond donors (Lipinski definition) is 5. The Balaban J connectivity index is 1.83. The Hall–Kier alpha value is -5.25. The van der Waals surface area contributed by atoms with Crippen LogP contribution in [0.2, 0.25) is 0 Å². The van der Waals surface area contributed by atoms with Crippen LogP contribution in [0.3, 0.4) is 0 Å². The van der Waals surface area contributed by atoms with Gasteiger partial charge in [0.2, 0.25) is 0 Å². The number of aliphatic carboxylic acids is 2. The quantitative estimate of drug-likeness (QED) is 0.252. The van der Waals surface area contributed by atoms with Gasteiger partial charge in [0.1, 0.15) is 0 Å². The number of rotatable bonds is 11. The van der Waals surface area contributed by atoms with Crippen LogP contribution >= 0.6 is 0 Å². The van der Waals surface area contributed by atoms with Crippen LogP contribution in [0, 0.1) is 6.92 Å². The highest BCUT2D eigenvalue weighted by atomic mass is 16.4. The van der Waals surface area contributed by atoms with Gasteiger partial charge < -0.3 is 25.8 Å². The minimum Gasteiger partial charge on any atom is -0.481 e. The molecule has 1 aromatic rings. The highest BCUT2D eigenvalue weighted by Gasteiger charge is 2.27. The lowest BCUT2D eigenvalue weighted by atomic mass is 9.98. The number of carbonyl (C=O) groups excluding carboxylic acids is 2. The van der Waals surface area contributed by atoms with E-state index in [0.29, 0.717) is 56.5 Å². The van der Waals surface area contributed by atoms with E-state index in [0.717, 1.165) is 22.3 Å².